The third kappa shape index (κ3) is 1.31. The van der Waals surface area contributed by atoms with Crippen molar-refractivity contribution in [3.05, 3.63) is 0 Å². The van der Waals surface area contributed by atoms with E-state index in [0.717, 1.165) is 17.8 Å². The summed E-state index contributed by atoms with van der Waals surface area (Å²) in [6.45, 7) is 2.41. The van der Waals surface area contributed by atoms with Crippen LogP contribution in [-0.4, -0.2) is 6.04 Å². The van der Waals surface area contributed by atoms with Crippen molar-refractivity contribution < 1.29 is 0 Å². The van der Waals surface area contributed by atoms with Gasteiger partial charge in [-0.15, -0.1) is 0 Å². The van der Waals surface area contributed by atoms with Gasteiger partial charge in [-0.1, -0.05) is 19.8 Å². The molecule has 0 aromatic rings. The molecule has 3 saturated carbocycles. The van der Waals surface area contributed by atoms with Gasteiger partial charge in [-0.05, 0) is 37.0 Å². The molecule has 0 heterocycles. The molecule has 3 fully saturated rings. The maximum Gasteiger partial charge on any atom is 0.00415 e. The molecule has 0 aromatic carbocycles. The maximum atomic E-state index is 5.98. The molecule has 3 aliphatic carbocycles. The first-order valence-electron chi connectivity index (χ1n) is 5.03. The van der Waals surface area contributed by atoms with E-state index >= 15 is 0 Å². The van der Waals surface area contributed by atoms with E-state index in [2.05, 4.69) is 6.92 Å². The van der Waals surface area contributed by atoms with E-state index in [0.29, 0.717) is 6.04 Å². The van der Waals surface area contributed by atoms with Crippen molar-refractivity contribution in [3.63, 3.8) is 0 Å². The van der Waals surface area contributed by atoms with Crippen LogP contribution in [0, 0.1) is 17.8 Å². The normalized spacial score (nSPS) is 50.7. The zero-order chi connectivity index (χ0) is 7.84. The standard InChI is InChI=1S/C10H19N/c1-7-8-3-2-4-10(11)6-9(7)5-8/h7-10H,2-6,11H2,1H3/t7-,8?,9?,10-/m1/s1. The van der Waals surface area contributed by atoms with E-state index in [1.807, 2.05) is 0 Å². The van der Waals surface area contributed by atoms with Crippen LogP contribution in [0.2, 0.25) is 0 Å². The molecule has 64 valence electrons. The highest BCUT2D eigenvalue weighted by Gasteiger charge is 2.38. The lowest BCUT2D eigenvalue weighted by Crippen LogP contribution is -2.40. The Labute approximate surface area is 69.4 Å². The third-order valence-corrected chi connectivity index (χ3v) is 3.85. The largest absolute Gasteiger partial charge is 0.328 e. The molecule has 0 amide bonds. The number of hydrogen-bond donors (Lipinski definition) is 1. The summed E-state index contributed by atoms with van der Waals surface area (Å²) < 4.78 is 0. The first-order chi connectivity index (χ1) is 5.27. The van der Waals surface area contributed by atoms with Crippen LogP contribution in [0.4, 0.5) is 0 Å². The Kier molecular flexibility index (Phi) is 1.92. The summed E-state index contributed by atoms with van der Waals surface area (Å²) in [6.07, 6.45) is 6.89. The van der Waals surface area contributed by atoms with Gasteiger partial charge >= 0.3 is 0 Å². The van der Waals surface area contributed by atoms with Crippen LogP contribution in [0.1, 0.15) is 39.0 Å². The van der Waals surface area contributed by atoms with Gasteiger partial charge in [0.1, 0.15) is 0 Å². The second kappa shape index (κ2) is 2.78. The Morgan fingerprint density at radius 3 is 2.64 bits per heavy atom. The molecule has 0 aliphatic heterocycles. The minimum atomic E-state index is 0.517. The van der Waals surface area contributed by atoms with Crippen molar-refractivity contribution in [1.82, 2.24) is 0 Å². The van der Waals surface area contributed by atoms with Crippen LogP contribution in [0.15, 0.2) is 0 Å². The van der Waals surface area contributed by atoms with Gasteiger partial charge < -0.3 is 5.73 Å². The maximum absolute atomic E-state index is 5.98. The molecule has 2 N–H and O–H groups in total. The predicted octanol–water partition coefficient (Wildman–Crippen LogP) is 2.16. The van der Waals surface area contributed by atoms with E-state index in [1.54, 1.807) is 0 Å². The molecule has 3 rings (SSSR count). The van der Waals surface area contributed by atoms with E-state index in [-0.39, 0.29) is 0 Å². The summed E-state index contributed by atoms with van der Waals surface area (Å²) in [5.74, 6) is 3.03. The molecular formula is C10H19N. The average Bonchev–Trinajstić information content (AvgIpc) is 1.95. The summed E-state index contributed by atoms with van der Waals surface area (Å²) in [5.41, 5.74) is 5.98. The summed E-state index contributed by atoms with van der Waals surface area (Å²) >= 11 is 0. The van der Waals surface area contributed by atoms with Crippen LogP contribution in [0.25, 0.3) is 0 Å². The van der Waals surface area contributed by atoms with Gasteiger partial charge in [0.15, 0.2) is 0 Å². The lowest BCUT2D eigenvalue weighted by molar-refractivity contribution is 0.0506. The van der Waals surface area contributed by atoms with E-state index in [1.165, 1.54) is 32.1 Å². The van der Waals surface area contributed by atoms with Crippen molar-refractivity contribution in [2.24, 2.45) is 23.5 Å². The summed E-state index contributed by atoms with van der Waals surface area (Å²) in [7, 11) is 0. The van der Waals surface area contributed by atoms with Crippen LogP contribution < -0.4 is 5.73 Å². The van der Waals surface area contributed by atoms with Gasteiger partial charge in [-0.25, -0.2) is 0 Å². The molecule has 0 saturated heterocycles. The first-order valence-corrected chi connectivity index (χ1v) is 5.03. The zero-order valence-electron chi connectivity index (χ0n) is 7.42. The molecule has 3 aliphatic rings. The molecular weight excluding hydrogens is 134 g/mol. The topological polar surface area (TPSA) is 26.0 Å². The first kappa shape index (κ1) is 7.60. The average molecular weight is 153 g/mol. The van der Waals surface area contributed by atoms with E-state index in [4.69, 9.17) is 5.73 Å². The molecule has 1 nitrogen and oxygen atoms in total. The molecule has 0 aromatic heterocycles. The van der Waals surface area contributed by atoms with Gasteiger partial charge in [0, 0.05) is 6.04 Å². The lowest BCUT2D eigenvalue weighted by Gasteiger charge is -2.46. The van der Waals surface area contributed by atoms with Crippen molar-refractivity contribution in [1.29, 1.82) is 0 Å². The fourth-order valence-electron chi connectivity index (χ4n) is 2.85. The molecule has 4 atom stereocenters. The summed E-state index contributed by atoms with van der Waals surface area (Å²) in [6, 6.07) is 0.517. The summed E-state index contributed by atoms with van der Waals surface area (Å²) in [4.78, 5) is 0. The van der Waals surface area contributed by atoms with Crippen LogP contribution >= 0.6 is 0 Å². The molecule has 2 bridgehead atoms. The highest BCUT2D eigenvalue weighted by atomic mass is 14.6. The third-order valence-electron chi connectivity index (χ3n) is 3.85. The van der Waals surface area contributed by atoms with Gasteiger partial charge in [0.2, 0.25) is 0 Å². The Morgan fingerprint density at radius 2 is 1.91 bits per heavy atom. The minimum absolute atomic E-state index is 0.517. The lowest BCUT2D eigenvalue weighted by atomic mass is 9.60. The number of nitrogens with two attached hydrogens (primary N) is 1. The number of fused-ring (bicyclic) bond motifs is 4. The molecule has 2 unspecified atom stereocenters. The molecule has 0 spiro atoms. The number of rotatable bonds is 0. The molecule has 0 radical (unpaired) electrons. The SMILES string of the molecule is C[C@@H]1C2CCC[C@@H](N)CC1C2. The van der Waals surface area contributed by atoms with Crippen molar-refractivity contribution in [2.45, 2.75) is 45.1 Å². The smallest absolute Gasteiger partial charge is 0.00415 e. The summed E-state index contributed by atoms with van der Waals surface area (Å²) in [5, 5.41) is 0. The Hall–Kier alpha value is -0.0400. The quantitative estimate of drug-likeness (QED) is 0.567. The van der Waals surface area contributed by atoms with Crippen LogP contribution in [-0.2, 0) is 0 Å². The monoisotopic (exact) mass is 153 g/mol. The highest BCUT2D eigenvalue weighted by molar-refractivity contribution is 4.90. The van der Waals surface area contributed by atoms with E-state index < -0.39 is 0 Å². The fraction of sp³-hybridized carbons (Fsp3) is 1.00. The second-order valence-corrected chi connectivity index (χ2v) is 4.54. The second-order valence-electron chi connectivity index (χ2n) is 4.54. The fourth-order valence-corrected chi connectivity index (χ4v) is 2.85. The van der Waals surface area contributed by atoms with Crippen molar-refractivity contribution >= 4 is 0 Å². The van der Waals surface area contributed by atoms with Crippen molar-refractivity contribution in [2.75, 3.05) is 0 Å². The van der Waals surface area contributed by atoms with Gasteiger partial charge in [0.25, 0.3) is 0 Å². The molecule has 11 heavy (non-hydrogen) atoms. The number of hydrogen-bond acceptors (Lipinski definition) is 1. The Bertz CT molecular complexity index is 142. The van der Waals surface area contributed by atoms with E-state index in [9.17, 15) is 0 Å². The predicted molar refractivity (Wildman–Crippen MR) is 47.2 cm³/mol. The minimum Gasteiger partial charge on any atom is -0.328 e. The molecule has 1 heteroatoms. The van der Waals surface area contributed by atoms with Crippen LogP contribution in [0.5, 0.6) is 0 Å². The Balaban J connectivity index is 1.95. The van der Waals surface area contributed by atoms with Crippen LogP contribution in [0.3, 0.4) is 0 Å². The zero-order valence-corrected chi connectivity index (χ0v) is 7.42. The van der Waals surface area contributed by atoms with Gasteiger partial charge in [0.05, 0.1) is 0 Å². The van der Waals surface area contributed by atoms with Gasteiger partial charge in [-0.3, -0.25) is 0 Å². The van der Waals surface area contributed by atoms with Gasteiger partial charge in [-0.2, -0.15) is 0 Å². The highest BCUT2D eigenvalue weighted by Crippen LogP contribution is 2.47. The van der Waals surface area contributed by atoms with Crippen molar-refractivity contribution in [3.8, 4) is 0 Å². The Morgan fingerprint density at radius 1 is 1.09 bits per heavy atom.